The Kier molecular flexibility index (Phi) is 14.3. The predicted octanol–water partition coefficient (Wildman–Crippen LogP) is 8.57. The number of carbonyl (C=O) groups is 1. The molecule has 3 fully saturated rings. The van der Waals surface area contributed by atoms with Crippen molar-refractivity contribution in [3.05, 3.63) is 111 Å². The minimum absolute atomic E-state index is 0.0128. The molecule has 1 aliphatic carbocycles. The number of hydrogen-bond donors (Lipinski definition) is 3. The highest BCUT2D eigenvalue weighted by molar-refractivity contribution is 7.90. The first kappa shape index (κ1) is 48.8. The Labute approximate surface area is 419 Å². The molecule has 1 amide bonds. The molecule has 0 saturated carbocycles. The van der Waals surface area contributed by atoms with Crippen LogP contribution in [0.25, 0.3) is 16.6 Å². The number of anilines is 4. The van der Waals surface area contributed by atoms with Crippen molar-refractivity contribution in [1.82, 2.24) is 19.6 Å². The number of nitro groups is 1. The first-order valence-electron chi connectivity index (χ1n) is 24.6. The zero-order chi connectivity index (χ0) is 49.3. The molecule has 71 heavy (non-hydrogen) atoms. The van der Waals surface area contributed by atoms with Gasteiger partial charge in [-0.2, -0.15) is 4.98 Å². The number of hydrogen-bond acceptors (Lipinski definition) is 14. The Hall–Kier alpha value is -5.76. The quantitative estimate of drug-likeness (QED) is 0.0890. The number of H-pyrrole nitrogens is 1. The third kappa shape index (κ3) is 10.9. The van der Waals surface area contributed by atoms with Gasteiger partial charge in [0.15, 0.2) is 0 Å². The normalized spacial score (nSPS) is 21.5. The van der Waals surface area contributed by atoms with Gasteiger partial charge in [0.1, 0.15) is 17.0 Å². The fourth-order valence-corrected chi connectivity index (χ4v) is 11.8. The third-order valence-electron chi connectivity index (χ3n) is 14.4. The summed E-state index contributed by atoms with van der Waals surface area (Å²) in [6.45, 7) is 11.6. The van der Waals surface area contributed by atoms with E-state index < -0.39 is 31.4 Å². The molecule has 6 heterocycles. The summed E-state index contributed by atoms with van der Waals surface area (Å²) < 4.78 is 55.1. The SMILES string of the molecule is CC1(C)CC(c2ccc(Cl)cc2)=C2CN3CCN(c4ccc(C(=O)NS(=O)(=O)c5ccc(NCC6CCOCC6)c([N+](=O)[O-])c5)c(N5CCCOc6nc7[nH]ccc7cc65)c4)C[C@H]3COCCCO[C@@H]2C1. The number of rotatable bonds is 10. The van der Waals surface area contributed by atoms with Gasteiger partial charge in [-0.3, -0.25) is 19.8 Å². The van der Waals surface area contributed by atoms with Gasteiger partial charge >= 0.3 is 0 Å². The third-order valence-corrected chi connectivity index (χ3v) is 16.0. The van der Waals surface area contributed by atoms with Crippen LogP contribution in [0.15, 0.2) is 89.5 Å². The van der Waals surface area contributed by atoms with Crippen molar-refractivity contribution in [3.8, 4) is 5.88 Å². The summed E-state index contributed by atoms with van der Waals surface area (Å²) >= 11 is 6.37. The molecule has 19 heteroatoms. The number of nitro benzene ring substituents is 1. The second-order valence-corrected chi connectivity index (χ2v) is 22.1. The molecule has 0 spiro atoms. The van der Waals surface area contributed by atoms with Gasteiger partial charge in [0.05, 0.1) is 46.4 Å². The molecular formula is C52H61ClN8O9S. The number of sulfonamides is 1. The number of piperazine rings is 1. The van der Waals surface area contributed by atoms with Gasteiger partial charge in [-0.25, -0.2) is 13.1 Å². The monoisotopic (exact) mass is 1010 g/mol. The number of aromatic amines is 1. The average molecular weight is 1010 g/mol. The second kappa shape index (κ2) is 20.8. The van der Waals surface area contributed by atoms with Gasteiger partial charge in [-0.05, 0) is 121 Å². The van der Waals surface area contributed by atoms with E-state index in [9.17, 15) is 23.3 Å². The van der Waals surface area contributed by atoms with Crippen molar-refractivity contribution in [3.63, 3.8) is 0 Å². The van der Waals surface area contributed by atoms with Gasteiger partial charge in [0.25, 0.3) is 21.6 Å². The summed E-state index contributed by atoms with van der Waals surface area (Å²) in [5, 5.41) is 17.0. The molecule has 4 aliphatic heterocycles. The number of aromatic nitrogens is 2. The number of allylic oxidation sites excluding steroid dienone is 1. The van der Waals surface area contributed by atoms with Crippen LogP contribution in [0.5, 0.6) is 5.88 Å². The van der Waals surface area contributed by atoms with Gasteiger partial charge in [0, 0.05) is 94.1 Å². The Morgan fingerprint density at radius 2 is 1.77 bits per heavy atom. The van der Waals surface area contributed by atoms with Crippen LogP contribution in [0, 0.1) is 21.4 Å². The molecular weight excluding hydrogens is 948 g/mol. The fraction of sp³-hybridized carbons (Fsp3) is 0.462. The highest BCUT2D eigenvalue weighted by Gasteiger charge is 2.39. The van der Waals surface area contributed by atoms with Crippen molar-refractivity contribution in [1.29, 1.82) is 0 Å². The fourth-order valence-electron chi connectivity index (χ4n) is 10.7. The van der Waals surface area contributed by atoms with Gasteiger partial charge < -0.3 is 39.0 Å². The second-order valence-electron chi connectivity index (χ2n) is 20.0. The van der Waals surface area contributed by atoms with E-state index in [4.69, 9.17) is 35.5 Å². The maximum Gasteiger partial charge on any atom is 0.293 e. The summed E-state index contributed by atoms with van der Waals surface area (Å²) in [6, 6.07) is 21.1. The molecule has 376 valence electrons. The molecule has 10 rings (SSSR count). The first-order valence-corrected chi connectivity index (χ1v) is 26.5. The highest BCUT2D eigenvalue weighted by Crippen LogP contribution is 2.46. The summed E-state index contributed by atoms with van der Waals surface area (Å²) in [6.07, 6.45) is 6.61. The summed E-state index contributed by atoms with van der Waals surface area (Å²) in [7, 11) is -4.61. The number of amides is 1. The zero-order valence-electron chi connectivity index (χ0n) is 40.2. The van der Waals surface area contributed by atoms with Gasteiger partial charge in [-0.15, -0.1) is 0 Å². The standard InChI is InChI=1S/C52H61ClN8O9S/c1-52(2)28-42(35-5-7-37(53)8-6-35)43-32-59-19-18-58(31-39(59)33-68-20-4-22-69-48(43)29-52)38-9-11-41(45(26-38)60-17-3-21-70-51-47(60)25-36-13-16-54-49(36)56-51)50(62)57-71(65,66)40-10-12-44(46(27-40)61(63)64)55-30-34-14-23-67-24-15-34/h5-13,16,25-27,34,39,48,55H,3-4,14-15,17-24,28-33H2,1-2H3,(H,54,56)(H,57,62)/t39-,48+/m0/s1. The largest absolute Gasteiger partial charge is 0.476 e. The van der Waals surface area contributed by atoms with Crippen molar-refractivity contribution in [2.75, 3.05) is 94.0 Å². The Morgan fingerprint density at radius 3 is 2.59 bits per heavy atom. The smallest absolute Gasteiger partial charge is 0.293 e. The van der Waals surface area contributed by atoms with E-state index in [1.54, 1.807) is 12.3 Å². The van der Waals surface area contributed by atoms with Crippen LogP contribution in [-0.4, -0.2) is 125 Å². The number of halogens is 1. The Balaban J connectivity index is 0.968. The van der Waals surface area contributed by atoms with E-state index in [-0.39, 0.29) is 34.7 Å². The van der Waals surface area contributed by atoms with Crippen LogP contribution in [0.1, 0.15) is 68.3 Å². The predicted molar refractivity (Wildman–Crippen MR) is 274 cm³/mol. The Morgan fingerprint density at radius 1 is 0.944 bits per heavy atom. The van der Waals surface area contributed by atoms with Crippen molar-refractivity contribution >= 4 is 72.6 Å². The van der Waals surface area contributed by atoms with E-state index in [0.29, 0.717) is 100 Å². The number of fused-ring (bicyclic) bond motifs is 4. The van der Waals surface area contributed by atoms with E-state index >= 15 is 0 Å². The first-order chi connectivity index (χ1) is 34.3. The lowest BCUT2D eigenvalue weighted by Crippen LogP contribution is -2.56. The molecule has 0 bridgehead atoms. The average Bonchev–Trinajstić information content (AvgIpc) is 3.71. The molecule has 3 N–H and O–H groups in total. The minimum Gasteiger partial charge on any atom is -0.476 e. The van der Waals surface area contributed by atoms with Crippen LogP contribution in [0.2, 0.25) is 5.02 Å². The lowest BCUT2D eigenvalue weighted by molar-refractivity contribution is -0.384. The van der Waals surface area contributed by atoms with Crippen molar-refractivity contribution < 1.29 is 37.1 Å². The van der Waals surface area contributed by atoms with Gasteiger partial charge in [-0.1, -0.05) is 37.6 Å². The molecule has 2 aromatic heterocycles. The van der Waals surface area contributed by atoms with Crippen LogP contribution in [0.4, 0.5) is 28.4 Å². The van der Waals surface area contributed by atoms with Gasteiger partial charge in [0.2, 0.25) is 5.88 Å². The van der Waals surface area contributed by atoms with E-state index in [0.717, 1.165) is 67.9 Å². The topological polar surface area (TPSA) is 194 Å². The molecule has 5 aliphatic rings. The highest BCUT2D eigenvalue weighted by atomic mass is 35.5. The van der Waals surface area contributed by atoms with E-state index in [1.165, 1.54) is 23.3 Å². The maximum absolute atomic E-state index is 14.6. The number of nitrogens with zero attached hydrogens (tertiary/aromatic N) is 5. The van der Waals surface area contributed by atoms with Crippen LogP contribution in [-0.2, 0) is 24.2 Å². The minimum atomic E-state index is -4.61. The zero-order valence-corrected chi connectivity index (χ0v) is 41.7. The summed E-state index contributed by atoms with van der Waals surface area (Å²) in [5.74, 6) is -0.251. The molecule has 5 aromatic rings. The summed E-state index contributed by atoms with van der Waals surface area (Å²) in [5.41, 5.74) is 6.28. The lowest BCUT2D eigenvalue weighted by atomic mass is 9.71. The Bertz CT molecular complexity index is 2920. The number of pyridine rings is 1. The molecule has 17 nitrogen and oxygen atoms in total. The lowest BCUT2D eigenvalue weighted by Gasteiger charge is -2.45. The maximum atomic E-state index is 14.6. The molecule has 3 aromatic carbocycles. The molecule has 0 radical (unpaired) electrons. The molecule has 0 unspecified atom stereocenters. The van der Waals surface area contributed by atoms with E-state index in [2.05, 4.69) is 50.8 Å². The van der Waals surface area contributed by atoms with Crippen molar-refractivity contribution in [2.45, 2.75) is 69.4 Å². The van der Waals surface area contributed by atoms with E-state index in [1.807, 2.05) is 41.3 Å². The number of benzene rings is 3. The summed E-state index contributed by atoms with van der Waals surface area (Å²) in [4.78, 5) is 40.6. The number of ether oxygens (including phenoxy) is 4. The number of carbonyl (C=O) groups excluding carboxylic acids is 1. The number of nitrogens with one attached hydrogen (secondary N) is 3. The van der Waals surface area contributed by atoms with Crippen molar-refractivity contribution in [2.24, 2.45) is 11.3 Å². The molecule has 2 atom stereocenters. The van der Waals surface area contributed by atoms with Crippen LogP contribution < -0.4 is 24.6 Å². The van der Waals surface area contributed by atoms with Crippen LogP contribution in [0.3, 0.4) is 0 Å². The van der Waals surface area contributed by atoms with Crippen LogP contribution >= 0.6 is 11.6 Å². The molecule has 3 saturated heterocycles.